The number of nitrogens with two attached hydrogens (primary N) is 1. The summed E-state index contributed by atoms with van der Waals surface area (Å²) in [5, 5.41) is 7.70. The quantitative estimate of drug-likeness (QED) is 0.624. The molecule has 0 spiro atoms. The molecule has 92 valence electrons. The Morgan fingerprint density at radius 3 is 2.94 bits per heavy atom. The molecule has 0 bridgehead atoms. The average Bonchev–Trinajstić information content (AvgIpc) is 2.30. The van der Waals surface area contributed by atoms with Crippen LogP contribution in [-0.2, 0) is 0 Å². The summed E-state index contributed by atoms with van der Waals surface area (Å²) >= 11 is 1.99. The minimum Gasteiger partial charge on any atom is -0.384 e. The van der Waals surface area contributed by atoms with E-state index in [9.17, 15) is 0 Å². The van der Waals surface area contributed by atoms with Crippen molar-refractivity contribution in [3.8, 4) is 0 Å². The van der Waals surface area contributed by atoms with Crippen LogP contribution in [0.1, 0.15) is 18.1 Å². The van der Waals surface area contributed by atoms with Gasteiger partial charge in [-0.25, -0.2) is 0 Å². The first-order valence-electron chi connectivity index (χ1n) is 5.89. The fourth-order valence-electron chi connectivity index (χ4n) is 2.20. The van der Waals surface area contributed by atoms with Crippen molar-refractivity contribution in [2.24, 2.45) is 5.73 Å². The minimum absolute atomic E-state index is 0.161. The maximum absolute atomic E-state index is 7.70. The van der Waals surface area contributed by atoms with Gasteiger partial charge in [0.05, 0.1) is 0 Å². The number of hydrogen-bond acceptors (Lipinski definition) is 3. The highest BCUT2D eigenvalue weighted by atomic mass is 32.2. The lowest BCUT2D eigenvalue weighted by Crippen LogP contribution is -2.41. The zero-order chi connectivity index (χ0) is 12.4. The number of thioether (sulfide) groups is 1. The summed E-state index contributed by atoms with van der Waals surface area (Å²) in [6.07, 6.45) is 0. The second-order valence-electron chi connectivity index (χ2n) is 4.55. The molecule has 1 fully saturated rings. The lowest BCUT2D eigenvalue weighted by atomic mass is 10.1. The monoisotopic (exact) mass is 249 g/mol. The van der Waals surface area contributed by atoms with Gasteiger partial charge >= 0.3 is 0 Å². The predicted octanol–water partition coefficient (Wildman–Crippen LogP) is 2.22. The van der Waals surface area contributed by atoms with Gasteiger partial charge in [0.15, 0.2) is 0 Å². The van der Waals surface area contributed by atoms with E-state index in [1.807, 2.05) is 24.8 Å². The van der Waals surface area contributed by atoms with Crippen molar-refractivity contribution < 1.29 is 0 Å². The van der Waals surface area contributed by atoms with Crippen LogP contribution in [0.2, 0.25) is 0 Å². The highest BCUT2D eigenvalue weighted by molar-refractivity contribution is 7.99. The lowest BCUT2D eigenvalue weighted by Gasteiger charge is -2.36. The highest BCUT2D eigenvalue weighted by Gasteiger charge is 2.21. The summed E-state index contributed by atoms with van der Waals surface area (Å²) in [5.41, 5.74) is 8.81. The van der Waals surface area contributed by atoms with E-state index in [-0.39, 0.29) is 5.84 Å². The van der Waals surface area contributed by atoms with Crippen LogP contribution in [0.15, 0.2) is 18.2 Å². The third-order valence-corrected chi connectivity index (χ3v) is 4.31. The van der Waals surface area contributed by atoms with Gasteiger partial charge < -0.3 is 10.6 Å². The van der Waals surface area contributed by atoms with E-state index in [1.54, 1.807) is 0 Å². The number of amidine groups is 1. The number of nitrogen functional groups attached to an aromatic ring is 1. The Morgan fingerprint density at radius 2 is 2.29 bits per heavy atom. The predicted molar refractivity (Wildman–Crippen MR) is 76.3 cm³/mol. The summed E-state index contributed by atoms with van der Waals surface area (Å²) in [7, 11) is 0. The van der Waals surface area contributed by atoms with Crippen LogP contribution in [0.25, 0.3) is 0 Å². The Bertz CT molecular complexity index is 431. The number of nitrogens with zero attached hydrogens (tertiary/aromatic N) is 1. The molecule has 17 heavy (non-hydrogen) atoms. The Hall–Kier alpha value is -1.16. The average molecular weight is 249 g/mol. The van der Waals surface area contributed by atoms with Crippen molar-refractivity contribution in [2.75, 3.05) is 23.0 Å². The third kappa shape index (κ3) is 2.57. The molecule has 0 aromatic heterocycles. The number of nitrogens with one attached hydrogen (secondary N) is 1. The minimum atomic E-state index is 0.161. The Labute approximate surface area is 107 Å². The fraction of sp³-hybridized carbons (Fsp3) is 0.462. The van der Waals surface area contributed by atoms with Gasteiger partial charge in [-0.15, -0.1) is 0 Å². The first kappa shape index (κ1) is 12.3. The molecule has 2 rings (SSSR count). The standard InChI is InChI=1S/C13H19N3S/c1-9-3-4-12(11(7-9)13(14)15)16-5-6-17-8-10(16)2/h3-4,7,10H,5-6,8H2,1-2H3,(H3,14,15). The fourth-order valence-corrected chi connectivity index (χ4v) is 3.21. The molecule has 1 saturated heterocycles. The summed E-state index contributed by atoms with van der Waals surface area (Å²) in [5.74, 6) is 2.45. The van der Waals surface area contributed by atoms with Gasteiger partial charge in [0, 0.05) is 35.3 Å². The Balaban J connectivity index is 2.39. The van der Waals surface area contributed by atoms with Gasteiger partial charge in [-0.1, -0.05) is 11.6 Å². The molecule has 0 saturated carbocycles. The van der Waals surface area contributed by atoms with Crippen molar-refractivity contribution in [2.45, 2.75) is 19.9 Å². The van der Waals surface area contributed by atoms with Crippen LogP contribution in [-0.4, -0.2) is 29.9 Å². The third-order valence-electron chi connectivity index (χ3n) is 3.12. The van der Waals surface area contributed by atoms with Crippen molar-refractivity contribution in [3.63, 3.8) is 0 Å². The van der Waals surface area contributed by atoms with Gasteiger partial charge in [0.1, 0.15) is 5.84 Å². The number of benzene rings is 1. The normalized spacial score (nSPS) is 20.4. The molecule has 1 aliphatic heterocycles. The first-order chi connectivity index (χ1) is 8.09. The van der Waals surface area contributed by atoms with Gasteiger partial charge in [0.25, 0.3) is 0 Å². The van der Waals surface area contributed by atoms with Gasteiger partial charge in [0.2, 0.25) is 0 Å². The molecule has 1 aliphatic rings. The largest absolute Gasteiger partial charge is 0.384 e. The summed E-state index contributed by atoms with van der Waals surface area (Å²) < 4.78 is 0. The maximum atomic E-state index is 7.70. The molecular formula is C13H19N3S. The second kappa shape index (κ2) is 5.00. The summed E-state index contributed by atoms with van der Waals surface area (Å²) in [4.78, 5) is 2.37. The van der Waals surface area contributed by atoms with Crippen molar-refractivity contribution in [1.29, 1.82) is 5.41 Å². The molecular weight excluding hydrogens is 230 g/mol. The molecule has 0 amide bonds. The molecule has 4 heteroatoms. The number of hydrogen-bond donors (Lipinski definition) is 2. The molecule has 1 heterocycles. The van der Waals surface area contributed by atoms with Crippen LogP contribution in [0, 0.1) is 12.3 Å². The van der Waals surface area contributed by atoms with Crippen LogP contribution in [0.5, 0.6) is 0 Å². The zero-order valence-electron chi connectivity index (χ0n) is 10.4. The van der Waals surface area contributed by atoms with E-state index in [2.05, 4.69) is 24.0 Å². The molecule has 1 atom stereocenters. The maximum Gasteiger partial charge on any atom is 0.124 e. The number of rotatable bonds is 2. The lowest BCUT2D eigenvalue weighted by molar-refractivity contribution is 0.699. The smallest absolute Gasteiger partial charge is 0.124 e. The van der Waals surface area contributed by atoms with Crippen LogP contribution in [0.4, 0.5) is 5.69 Å². The molecule has 1 unspecified atom stereocenters. The van der Waals surface area contributed by atoms with Crippen molar-refractivity contribution >= 4 is 23.3 Å². The topological polar surface area (TPSA) is 53.1 Å². The van der Waals surface area contributed by atoms with E-state index < -0.39 is 0 Å². The first-order valence-corrected chi connectivity index (χ1v) is 7.04. The molecule has 0 aliphatic carbocycles. The highest BCUT2D eigenvalue weighted by Crippen LogP contribution is 2.27. The SMILES string of the molecule is Cc1ccc(N2CCSCC2C)c(C(=N)N)c1. The van der Waals surface area contributed by atoms with Crippen molar-refractivity contribution in [1.82, 2.24) is 0 Å². The molecule has 1 aromatic rings. The van der Waals surface area contributed by atoms with Crippen molar-refractivity contribution in [3.05, 3.63) is 29.3 Å². The van der Waals surface area contributed by atoms with Crippen LogP contribution >= 0.6 is 11.8 Å². The summed E-state index contributed by atoms with van der Waals surface area (Å²) in [6.45, 7) is 5.30. The second-order valence-corrected chi connectivity index (χ2v) is 5.70. The molecule has 3 N–H and O–H groups in total. The molecule has 3 nitrogen and oxygen atoms in total. The number of anilines is 1. The summed E-state index contributed by atoms with van der Waals surface area (Å²) in [6, 6.07) is 6.70. The van der Waals surface area contributed by atoms with Gasteiger partial charge in [-0.3, -0.25) is 5.41 Å². The van der Waals surface area contributed by atoms with E-state index in [1.165, 1.54) is 0 Å². The Morgan fingerprint density at radius 1 is 1.53 bits per heavy atom. The van der Waals surface area contributed by atoms with Crippen LogP contribution in [0.3, 0.4) is 0 Å². The molecule has 0 radical (unpaired) electrons. The Kier molecular flexibility index (Phi) is 3.62. The van der Waals surface area contributed by atoms with E-state index in [0.29, 0.717) is 6.04 Å². The van der Waals surface area contributed by atoms with E-state index >= 15 is 0 Å². The molecule has 1 aromatic carbocycles. The van der Waals surface area contributed by atoms with E-state index in [4.69, 9.17) is 11.1 Å². The van der Waals surface area contributed by atoms with Crippen LogP contribution < -0.4 is 10.6 Å². The van der Waals surface area contributed by atoms with Gasteiger partial charge in [-0.05, 0) is 26.0 Å². The zero-order valence-corrected chi connectivity index (χ0v) is 11.2. The number of aryl methyl sites for hydroxylation is 1. The van der Waals surface area contributed by atoms with E-state index in [0.717, 1.165) is 34.9 Å². The van der Waals surface area contributed by atoms with Gasteiger partial charge in [-0.2, -0.15) is 11.8 Å².